The molecular weight excluding hydrogens is 136 g/mol. The third kappa shape index (κ3) is 0.845. The van der Waals surface area contributed by atoms with Gasteiger partial charge in [-0.1, -0.05) is 12.2 Å². The number of aryl methyl sites for hydroxylation is 1. The second-order valence-corrected chi connectivity index (χ2v) is 2.76. The van der Waals surface area contributed by atoms with Gasteiger partial charge in [-0.15, -0.1) is 0 Å². The van der Waals surface area contributed by atoms with Crippen LogP contribution in [0.3, 0.4) is 0 Å². The van der Waals surface area contributed by atoms with Gasteiger partial charge in [-0.2, -0.15) is 0 Å². The Kier molecular flexibility index (Phi) is 1.25. The van der Waals surface area contributed by atoms with Crippen molar-refractivity contribution in [2.24, 2.45) is 0 Å². The highest BCUT2D eigenvalue weighted by atomic mass is 16.3. The lowest BCUT2D eigenvalue weighted by molar-refractivity contribution is 0.673. The molecule has 0 unspecified atom stereocenters. The maximum Gasteiger partial charge on any atom is 0.137 e. The minimum atomic E-state index is 0.977. The van der Waals surface area contributed by atoms with E-state index < -0.39 is 0 Å². The van der Waals surface area contributed by atoms with Crippen LogP contribution in [0.25, 0.3) is 17.2 Å². The number of fused-ring (bicyclic) bond motifs is 2. The predicted molar refractivity (Wildman–Crippen MR) is 46.8 cm³/mol. The summed E-state index contributed by atoms with van der Waals surface area (Å²) in [5.74, 6) is 0. The van der Waals surface area contributed by atoms with E-state index in [1.807, 2.05) is 13.0 Å². The van der Waals surface area contributed by atoms with Gasteiger partial charge in [-0.05, 0) is 31.5 Å². The summed E-state index contributed by atoms with van der Waals surface area (Å²) in [7, 11) is 0. The van der Waals surface area contributed by atoms with E-state index in [9.17, 15) is 0 Å². The van der Waals surface area contributed by atoms with Crippen molar-refractivity contribution >= 4 is 17.2 Å². The number of hydrogen-bond donors (Lipinski definition) is 0. The summed E-state index contributed by atoms with van der Waals surface area (Å²) in [6.07, 6.45) is 4.09. The number of benzene rings is 1. The summed E-state index contributed by atoms with van der Waals surface area (Å²) in [5, 5.41) is 0. The van der Waals surface area contributed by atoms with Crippen molar-refractivity contribution in [2.45, 2.75) is 13.8 Å². The van der Waals surface area contributed by atoms with E-state index in [4.69, 9.17) is 4.42 Å². The zero-order chi connectivity index (χ0) is 7.84. The second kappa shape index (κ2) is 2.12. The number of allylic oxidation sites excluding steroid dienone is 1. The molecule has 0 saturated carbocycles. The smallest absolute Gasteiger partial charge is 0.137 e. The Morgan fingerprint density at radius 2 is 2.18 bits per heavy atom. The van der Waals surface area contributed by atoms with E-state index in [0.29, 0.717) is 0 Å². The third-order valence-corrected chi connectivity index (χ3v) is 1.84. The van der Waals surface area contributed by atoms with E-state index in [1.165, 1.54) is 11.1 Å². The van der Waals surface area contributed by atoms with Gasteiger partial charge in [0.25, 0.3) is 0 Å². The van der Waals surface area contributed by atoms with Crippen molar-refractivity contribution in [3.8, 4) is 0 Å². The summed E-state index contributed by atoms with van der Waals surface area (Å²) in [5.41, 5.74) is 4.43. The maximum absolute atomic E-state index is 5.45. The molecule has 11 heavy (non-hydrogen) atoms. The fraction of sp³-hybridized carbons (Fsp3) is 0.200. The van der Waals surface area contributed by atoms with E-state index >= 15 is 0 Å². The lowest BCUT2D eigenvalue weighted by Crippen LogP contribution is -1.70. The minimum absolute atomic E-state index is 0.977. The van der Waals surface area contributed by atoms with Crippen LogP contribution in [0.2, 0.25) is 0 Å². The van der Waals surface area contributed by atoms with Crippen LogP contribution in [0.1, 0.15) is 18.1 Å². The molecule has 0 atom stereocenters. The van der Waals surface area contributed by atoms with Crippen LogP contribution in [0.15, 0.2) is 22.6 Å². The van der Waals surface area contributed by atoms with Crippen molar-refractivity contribution in [1.82, 2.24) is 0 Å². The lowest BCUT2D eigenvalue weighted by Gasteiger charge is -1.88. The Morgan fingerprint density at radius 3 is 2.73 bits per heavy atom. The fourth-order valence-electron chi connectivity index (χ4n) is 1.39. The van der Waals surface area contributed by atoms with Gasteiger partial charge in [0.1, 0.15) is 11.2 Å². The summed E-state index contributed by atoms with van der Waals surface area (Å²) < 4.78 is 5.45. The quantitative estimate of drug-likeness (QED) is 0.602. The first-order valence-corrected chi connectivity index (χ1v) is 3.76. The molecule has 0 N–H and O–H groups in total. The van der Waals surface area contributed by atoms with E-state index in [0.717, 1.165) is 11.2 Å². The predicted octanol–water partition coefficient (Wildman–Crippen LogP) is 3.21. The summed E-state index contributed by atoms with van der Waals surface area (Å²) in [6.45, 7) is 4.08. The molecule has 1 nitrogen and oxygen atoms in total. The van der Waals surface area contributed by atoms with E-state index in [1.54, 1.807) is 0 Å². The highest BCUT2D eigenvalue weighted by Gasteiger charge is 2.07. The molecule has 0 fully saturated rings. The Labute approximate surface area is 65.7 Å². The zero-order valence-electron chi connectivity index (χ0n) is 6.72. The van der Waals surface area contributed by atoms with Crippen molar-refractivity contribution in [3.05, 3.63) is 29.3 Å². The van der Waals surface area contributed by atoms with Crippen LogP contribution in [-0.2, 0) is 0 Å². The second-order valence-electron chi connectivity index (χ2n) is 2.76. The van der Waals surface area contributed by atoms with Crippen LogP contribution in [-0.4, -0.2) is 0 Å². The van der Waals surface area contributed by atoms with Gasteiger partial charge < -0.3 is 4.42 Å². The first kappa shape index (κ1) is 6.47. The number of hydrogen-bond acceptors (Lipinski definition) is 1. The topological polar surface area (TPSA) is 13.1 Å². The molecule has 0 aromatic carbocycles. The molecular formula is C10H10O. The van der Waals surface area contributed by atoms with Crippen LogP contribution in [0.4, 0.5) is 0 Å². The molecule has 2 aromatic rings. The summed E-state index contributed by atoms with van der Waals surface area (Å²) in [4.78, 5) is 0. The fourth-order valence-corrected chi connectivity index (χ4v) is 1.39. The largest absolute Gasteiger partial charge is 0.456 e. The minimum Gasteiger partial charge on any atom is -0.456 e. The Bertz CT molecular complexity index is 382. The number of rotatable bonds is 1. The first-order valence-electron chi connectivity index (χ1n) is 3.76. The molecule has 0 amide bonds. The first-order chi connectivity index (χ1) is 5.31. The molecule has 0 aliphatic carbocycles. The molecule has 0 saturated heterocycles. The zero-order valence-corrected chi connectivity index (χ0v) is 6.72. The van der Waals surface area contributed by atoms with Crippen molar-refractivity contribution < 1.29 is 4.42 Å². The molecule has 2 rings (SSSR count). The van der Waals surface area contributed by atoms with Crippen LogP contribution >= 0.6 is 0 Å². The molecule has 0 radical (unpaired) electrons. The number of furan rings is 2. The van der Waals surface area contributed by atoms with Crippen LogP contribution in [0.5, 0.6) is 0 Å². The van der Waals surface area contributed by atoms with Crippen molar-refractivity contribution in [3.63, 3.8) is 0 Å². The van der Waals surface area contributed by atoms with Crippen LogP contribution in [0, 0.1) is 6.92 Å². The standard InChI is InChI=1S/C10H10O/c1-3-4-8-6-9-5-7(2)10(8)11-9/h3-6H,1-2H3. The average Bonchev–Trinajstić information content (AvgIpc) is 2.46. The Balaban J connectivity index is 2.66. The highest BCUT2D eigenvalue weighted by Crippen LogP contribution is 2.27. The Hall–Kier alpha value is -1.24. The monoisotopic (exact) mass is 146 g/mol. The van der Waals surface area contributed by atoms with E-state index in [-0.39, 0.29) is 0 Å². The van der Waals surface area contributed by atoms with Gasteiger partial charge >= 0.3 is 0 Å². The third-order valence-electron chi connectivity index (χ3n) is 1.84. The summed E-state index contributed by atoms with van der Waals surface area (Å²) in [6, 6.07) is 4.12. The molecule has 2 bridgehead atoms. The van der Waals surface area contributed by atoms with Gasteiger partial charge in [0, 0.05) is 5.56 Å². The van der Waals surface area contributed by atoms with Gasteiger partial charge in [0.05, 0.1) is 0 Å². The van der Waals surface area contributed by atoms with Crippen molar-refractivity contribution in [2.75, 3.05) is 0 Å². The lowest BCUT2D eigenvalue weighted by atomic mass is 10.1. The van der Waals surface area contributed by atoms with Crippen LogP contribution < -0.4 is 0 Å². The van der Waals surface area contributed by atoms with Gasteiger partial charge in [0.15, 0.2) is 0 Å². The molecule has 56 valence electrons. The molecule has 2 heterocycles. The van der Waals surface area contributed by atoms with E-state index in [2.05, 4.69) is 25.1 Å². The molecule has 2 aromatic heterocycles. The maximum atomic E-state index is 5.45. The molecule has 0 aliphatic heterocycles. The summed E-state index contributed by atoms with van der Waals surface area (Å²) >= 11 is 0. The Morgan fingerprint density at radius 1 is 1.36 bits per heavy atom. The van der Waals surface area contributed by atoms with Gasteiger partial charge in [-0.25, -0.2) is 0 Å². The molecule has 0 spiro atoms. The van der Waals surface area contributed by atoms with Gasteiger partial charge in [-0.3, -0.25) is 0 Å². The highest BCUT2D eigenvalue weighted by molar-refractivity contribution is 5.79. The van der Waals surface area contributed by atoms with Crippen molar-refractivity contribution in [1.29, 1.82) is 0 Å². The van der Waals surface area contributed by atoms with Gasteiger partial charge in [0.2, 0.25) is 0 Å². The molecule has 0 aliphatic rings. The SMILES string of the molecule is CC=Cc1cc2cc(C)c1o2. The average molecular weight is 146 g/mol. The molecule has 1 heteroatoms. The normalized spacial score (nSPS) is 12.2.